The molecule has 0 saturated heterocycles. The minimum Gasteiger partial charge on any atom is -0.480 e. The summed E-state index contributed by atoms with van der Waals surface area (Å²) in [5.74, 6) is -3.77. The number of carbonyl (C=O) groups is 5. The highest BCUT2D eigenvalue weighted by atomic mass is 16.4. The summed E-state index contributed by atoms with van der Waals surface area (Å²) in [6.07, 6.45) is -0.331. The monoisotopic (exact) mass is 548 g/mol. The fourth-order valence-corrected chi connectivity index (χ4v) is 4.06. The molecule has 1 rings (SSSR count). The molecule has 4 N–H and O–H groups in total. The first kappa shape index (κ1) is 33.6. The smallest absolute Gasteiger partial charge is 0.326 e. The highest BCUT2D eigenvalue weighted by Gasteiger charge is 2.34. The molecule has 0 saturated carbocycles. The van der Waals surface area contributed by atoms with Crippen molar-refractivity contribution in [3.05, 3.63) is 35.9 Å². The van der Waals surface area contributed by atoms with Gasteiger partial charge in [-0.1, -0.05) is 64.4 Å². The van der Waals surface area contributed by atoms with E-state index in [4.69, 9.17) is 0 Å². The first-order valence-corrected chi connectivity index (χ1v) is 13.3. The van der Waals surface area contributed by atoms with Crippen LogP contribution in [-0.4, -0.2) is 94.5 Å². The summed E-state index contributed by atoms with van der Waals surface area (Å²) < 4.78 is 0. The predicted octanol–water partition coefficient (Wildman–Crippen LogP) is 1.04. The third-order valence-corrected chi connectivity index (χ3v) is 6.65. The molecule has 0 radical (unpaired) electrons. The Morgan fingerprint density at radius 1 is 0.923 bits per heavy atom. The maximum atomic E-state index is 13.5. The van der Waals surface area contributed by atoms with Crippen LogP contribution in [-0.2, 0) is 30.4 Å². The van der Waals surface area contributed by atoms with Crippen molar-refractivity contribution in [3.8, 4) is 0 Å². The number of carboxylic acids is 1. The average Bonchev–Trinajstić information content (AvgIpc) is 2.88. The number of hydrogen-bond acceptors (Lipinski definition) is 6. The zero-order valence-electron chi connectivity index (χ0n) is 24.0. The van der Waals surface area contributed by atoms with E-state index in [0.717, 1.165) is 10.5 Å². The lowest BCUT2D eigenvalue weighted by Crippen LogP contribution is -2.56. The van der Waals surface area contributed by atoms with E-state index in [1.54, 1.807) is 19.1 Å². The summed E-state index contributed by atoms with van der Waals surface area (Å²) in [4.78, 5) is 65.7. The van der Waals surface area contributed by atoms with E-state index in [-0.39, 0.29) is 24.7 Å². The van der Waals surface area contributed by atoms with Crippen LogP contribution in [0, 0.1) is 11.8 Å². The van der Waals surface area contributed by atoms with Crippen LogP contribution in [0.15, 0.2) is 30.3 Å². The van der Waals surface area contributed by atoms with Crippen molar-refractivity contribution in [3.63, 3.8) is 0 Å². The van der Waals surface area contributed by atoms with Gasteiger partial charge in [0.05, 0.1) is 6.54 Å². The van der Waals surface area contributed by atoms with Crippen LogP contribution in [0.3, 0.4) is 0 Å². The minimum atomic E-state index is -1.26. The van der Waals surface area contributed by atoms with Gasteiger partial charge in [0.25, 0.3) is 0 Å². The quantitative estimate of drug-likeness (QED) is 0.255. The first-order valence-electron chi connectivity index (χ1n) is 13.3. The summed E-state index contributed by atoms with van der Waals surface area (Å²) in [5.41, 5.74) is 0.778. The number of hydrogen-bond donors (Lipinski definition) is 4. The van der Waals surface area contributed by atoms with Gasteiger partial charge in [-0.3, -0.25) is 19.2 Å². The van der Waals surface area contributed by atoms with Crippen molar-refractivity contribution in [2.45, 2.75) is 78.1 Å². The molecule has 218 valence electrons. The topological polar surface area (TPSA) is 156 Å². The largest absolute Gasteiger partial charge is 0.480 e. The fraction of sp³-hybridized carbons (Fsp3) is 0.607. The minimum absolute atomic E-state index is 0.0796. The second kappa shape index (κ2) is 15.8. The van der Waals surface area contributed by atoms with Crippen molar-refractivity contribution in [2.75, 3.05) is 20.6 Å². The van der Waals surface area contributed by atoms with E-state index < -0.39 is 60.4 Å². The molecular formula is C28H44N4O7. The Bertz CT molecular complexity index is 985. The Labute approximate surface area is 230 Å². The van der Waals surface area contributed by atoms with Crippen molar-refractivity contribution in [1.29, 1.82) is 0 Å². The summed E-state index contributed by atoms with van der Waals surface area (Å²) in [6, 6.07) is 5.92. The molecule has 0 aliphatic carbocycles. The Hall–Kier alpha value is -3.47. The molecule has 1 aromatic carbocycles. The van der Waals surface area contributed by atoms with Crippen molar-refractivity contribution in [1.82, 2.24) is 20.4 Å². The van der Waals surface area contributed by atoms with E-state index in [1.165, 1.54) is 25.9 Å². The summed E-state index contributed by atoms with van der Waals surface area (Å²) in [7, 11) is 2.85. The van der Waals surface area contributed by atoms with E-state index >= 15 is 0 Å². The molecule has 0 fully saturated rings. The Morgan fingerprint density at radius 2 is 1.51 bits per heavy atom. The molecule has 0 aromatic heterocycles. The number of amides is 4. The number of aliphatic hydroxyl groups is 1. The number of likely N-dealkylation sites (N-methyl/N-ethyl adjacent to an activating group) is 2. The zero-order valence-corrected chi connectivity index (χ0v) is 24.0. The standard InChI is InChI=1S/C28H44N4O7/c1-8-18(4)24(28(38)39)30-23(34)16-31(6)27(37)21(15-20-12-10-9-11-13-20)32(7)26(36)19(5)29-25(35)22(33)14-17(2)3/h9-13,17-19,21-22,24,33H,8,14-16H2,1-7H3,(H,29,35)(H,30,34)(H,38,39)/t18-,19-,21+,22+,24-/m0/s1. The van der Waals surface area contributed by atoms with Gasteiger partial charge in [-0.05, 0) is 30.7 Å². The summed E-state index contributed by atoms with van der Waals surface area (Å²) in [5, 5.41) is 24.5. The normalized spacial score (nSPS) is 14.9. The van der Waals surface area contributed by atoms with Gasteiger partial charge in [0.2, 0.25) is 23.6 Å². The molecule has 5 atom stereocenters. The number of carbonyl (C=O) groups excluding carboxylic acids is 4. The Balaban J connectivity index is 3.07. The molecule has 4 amide bonds. The number of aliphatic hydroxyl groups excluding tert-OH is 1. The number of nitrogens with zero attached hydrogens (tertiary/aromatic N) is 2. The van der Waals surface area contributed by atoms with Gasteiger partial charge in [-0.25, -0.2) is 4.79 Å². The Morgan fingerprint density at radius 3 is 2.03 bits per heavy atom. The summed E-state index contributed by atoms with van der Waals surface area (Å²) >= 11 is 0. The predicted molar refractivity (Wildman–Crippen MR) is 146 cm³/mol. The van der Waals surface area contributed by atoms with Crippen LogP contribution < -0.4 is 10.6 Å². The summed E-state index contributed by atoms with van der Waals surface area (Å²) in [6.45, 7) is 8.33. The number of benzene rings is 1. The molecule has 0 spiro atoms. The molecule has 11 nitrogen and oxygen atoms in total. The van der Waals surface area contributed by atoms with E-state index in [2.05, 4.69) is 10.6 Å². The van der Waals surface area contributed by atoms with Crippen molar-refractivity contribution in [2.24, 2.45) is 11.8 Å². The van der Waals surface area contributed by atoms with Gasteiger partial charge in [0, 0.05) is 20.5 Å². The molecule has 0 heterocycles. The number of nitrogens with one attached hydrogen (secondary N) is 2. The van der Waals surface area contributed by atoms with Gasteiger partial charge >= 0.3 is 5.97 Å². The second-order valence-electron chi connectivity index (χ2n) is 10.5. The number of aliphatic carboxylic acids is 1. The first-order chi connectivity index (χ1) is 18.2. The number of carboxylic acid groups (broad SMARTS) is 1. The lowest BCUT2D eigenvalue weighted by atomic mass is 9.99. The van der Waals surface area contributed by atoms with Gasteiger partial charge in [-0.2, -0.15) is 0 Å². The second-order valence-corrected chi connectivity index (χ2v) is 10.5. The van der Waals surface area contributed by atoms with E-state index in [9.17, 15) is 34.2 Å². The molecule has 0 aliphatic heterocycles. The highest BCUT2D eigenvalue weighted by molar-refractivity contribution is 5.94. The van der Waals surface area contributed by atoms with Crippen LogP contribution in [0.25, 0.3) is 0 Å². The van der Waals surface area contributed by atoms with Crippen LogP contribution in [0.5, 0.6) is 0 Å². The zero-order chi connectivity index (χ0) is 29.9. The van der Waals surface area contributed by atoms with Crippen molar-refractivity contribution < 1.29 is 34.2 Å². The van der Waals surface area contributed by atoms with Gasteiger partial charge < -0.3 is 30.6 Å². The average molecular weight is 549 g/mol. The SMILES string of the molecule is CC[C@H](C)[C@H](NC(=O)CN(C)C(=O)[C@@H](Cc1ccccc1)N(C)C(=O)[C@H](C)NC(=O)[C@H](O)CC(C)C)C(=O)O. The molecule has 0 unspecified atom stereocenters. The van der Waals surface area contributed by atoms with Gasteiger partial charge in [0.1, 0.15) is 24.2 Å². The van der Waals surface area contributed by atoms with Crippen LogP contribution in [0.2, 0.25) is 0 Å². The van der Waals surface area contributed by atoms with Crippen LogP contribution >= 0.6 is 0 Å². The van der Waals surface area contributed by atoms with Gasteiger partial charge in [-0.15, -0.1) is 0 Å². The van der Waals surface area contributed by atoms with Gasteiger partial charge in [0.15, 0.2) is 0 Å². The van der Waals surface area contributed by atoms with E-state index in [1.807, 2.05) is 39.0 Å². The maximum Gasteiger partial charge on any atom is 0.326 e. The maximum absolute atomic E-state index is 13.5. The fourth-order valence-electron chi connectivity index (χ4n) is 4.06. The molecule has 39 heavy (non-hydrogen) atoms. The molecule has 11 heteroatoms. The molecule has 0 aliphatic rings. The molecule has 1 aromatic rings. The Kier molecular flexibility index (Phi) is 13.6. The third-order valence-electron chi connectivity index (χ3n) is 6.65. The van der Waals surface area contributed by atoms with Crippen molar-refractivity contribution >= 4 is 29.6 Å². The lowest BCUT2D eigenvalue weighted by Gasteiger charge is -2.33. The third kappa shape index (κ3) is 10.7. The van der Waals surface area contributed by atoms with Crippen LogP contribution in [0.4, 0.5) is 0 Å². The van der Waals surface area contributed by atoms with E-state index in [0.29, 0.717) is 6.42 Å². The highest BCUT2D eigenvalue weighted by Crippen LogP contribution is 2.13. The number of rotatable bonds is 15. The molecule has 0 bridgehead atoms. The van der Waals surface area contributed by atoms with Crippen LogP contribution in [0.1, 0.15) is 53.0 Å². The molecular weight excluding hydrogens is 504 g/mol. The lowest BCUT2D eigenvalue weighted by molar-refractivity contribution is -0.147.